The second-order valence-corrected chi connectivity index (χ2v) is 7.42. The van der Waals surface area contributed by atoms with E-state index >= 15 is 0 Å². The Morgan fingerprint density at radius 1 is 1.06 bits per heavy atom. The minimum Gasteiger partial charge on any atom is -0.477 e. The van der Waals surface area contributed by atoms with Gasteiger partial charge in [0.1, 0.15) is 11.8 Å². The van der Waals surface area contributed by atoms with Gasteiger partial charge in [0.25, 0.3) is 5.56 Å². The van der Waals surface area contributed by atoms with Crippen LogP contribution in [0.1, 0.15) is 15.9 Å². The molecule has 0 spiro atoms. The highest BCUT2D eigenvalue weighted by molar-refractivity contribution is 5.93. The number of nitrogens with zero attached hydrogens (tertiary/aromatic N) is 2. The fourth-order valence-electron chi connectivity index (χ4n) is 3.82. The molecule has 2 N–H and O–H groups in total. The van der Waals surface area contributed by atoms with E-state index in [4.69, 9.17) is 4.42 Å². The van der Waals surface area contributed by atoms with Gasteiger partial charge in [-0.3, -0.25) is 9.36 Å². The summed E-state index contributed by atoms with van der Waals surface area (Å²) >= 11 is 0. The number of carboxylic acids is 1. The number of pyridine rings is 1. The van der Waals surface area contributed by atoms with Crippen LogP contribution in [0.2, 0.25) is 0 Å². The smallest absolute Gasteiger partial charge is 0.416 e. The van der Waals surface area contributed by atoms with Crippen LogP contribution in [-0.4, -0.2) is 25.6 Å². The maximum atomic E-state index is 13.4. The molecular formula is C24H14F3N3O4. The third kappa shape index (κ3) is 3.54. The van der Waals surface area contributed by atoms with Crippen molar-refractivity contribution in [1.29, 1.82) is 0 Å². The number of para-hydroxylation sites is 1. The Kier molecular flexibility index (Phi) is 4.85. The van der Waals surface area contributed by atoms with E-state index in [1.165, 1.54) is 18.5 Å². The molecule has 0 unspecified atom stereocenters. The molecule has 0 atom stereocenters. The maximum Gasteiger partial charge on any atom is 0.416 e. The fourth-order valence-corrected chi connectivity index (χ4v) is 3.82. The van der Waals surface area contributed by atoms with E-state index < -0.39 is 28.8 Å². The van der Waals surface area contributed by atoms with Crippen LogP contribution in [0.3, 0.4) is 0 Å². The summed E-state index contributed by atoms with van der Waals surface area (Å²) in [7, 11) is 0. The van der Waals surface area contributed by atoms with Crippen molar-refractivity contribution in [1.82, 2.24) is 14.5 Å². The van der Waals surface area contributed by atoms with Gasteiger partial charge in [-0.2, -0.15) is 13.2 Å². The molecule has 0 aliphatic carbocycles. The number of H-pyrrole nitrogens is 1. The molecule has 7 nitrogen and oxygen atoms in total. The summed E-state index contributed by atoms with van der Waals surface area (Å²) in [6.45, 7) is 0. The summed E-state index contributed by atoms with van der Waals surface area (Å²) in [6, 6.07) is 14.1. The molecule has 0 amide bonds. The van der Waals surface area contributed by atoms with Gasteiger partial charge in [0.05, 0.1) is 28.7 Å². The lowest BCUT2D eigenvalue weighted by Crippen LogP contribution is -2.27. The molecule has 0 fully saturated rings. The molecule has 3 aromatic heterocycles. The van der Waals surface area contributed by atoms with Gasteiger partial charge >= 0.3 is 12.1 Å². The Morgan fingerprint density at radius 2 is 1.85 bits per heavy atom. The molecule has 0 radical (unpaired) electrons. The number of halogens is 3. The number of carboxylic acid groups (broad SMARTS) is 1. The molecule has 34 heavy (non-hydrogen) atoms. The molecule has 0 saturated carbocycles. The van der Waals surface area contributed by atoms with Crippen LogP contribution in [0.5, 0.6) is 0 Å². The predicted molar refractivity (Wildman–Crippen MR) is 117 cm³/mol. The highest BCUT2D eigenvalue weighted by atomic mass is 19.4. The summed E-state index contributed by atoms with van der Waals surface area (Å²) < 4.78 is 46.7. The first-order valence-corrected chi connectivity index (χ1v) is 9.93. The van der Waals surface area contributed by atoms with Gasteiger partial charge in [-0.25, -0.2) is 9.78 Å². The van der Waals surface area contributed by atoms with Gasteiger partial charge in [-0.1, -0.05) is 24.3 Å². The van der Waals surface area contributed by atoms with Gasteiger partial charge in [0.15, 0.2) is 0 Å². The van der Waals surface area contributed by atoms with E-state index in [0.717, 1.165) is 34.2 Å². The molecule has 0 saturated heterocycles. The zero-order valence-electron chi connectivity index (χ0n) is 17.1. The predicted octanol–water partition coefficient (Wildman–Crippen LogP) is 5.36. The van der Waals surface area contributed by atoms with Gasteiger partial charge in [0, 0.05) is 16.6 Å². The largest absolute Gasteiger partial charge is 0.477 e. The number of carbonyl (C=O) groups is 1. The highest BCUT2D eigenvalue weighted by Crippen LogP contribution is 2.36. The van der Waals surface area contributed by atoms with Crippen LogP contribution >= 0.6 is 0 Å². The van der Waals surface area contributed by atoms with Crippen molar-refractivity contribution in [2.45, 2.75) is 6.18 Å². The number of hydrogen-bond donors (Lipinski definition) is 2. The fraction of sp³-hybridized carbons (Fsp3) is 0.0417. The van der Waals surface area contributed by atoms with Gasteiger partial charge < -0.3 is 14.5 Å². The van der Waals surface area contributed by atoms with E-state index in [9.17, 15) is 27.9 Å². The summed E-state index contributed by atoms with van der Waals surface area (Å²) in [5.41, 5.74) is -1.51. The normalized spacial score (nSPS) is 11.7. The summed E-state index contributed by atoms with van der Waals surface area (Å²) in [5, 5.41) is 10.4. The lowest BCUT2D eigenvalue weighted by atomic mass is 10.1. The van der Waals surface area contributed by atoms with E-state index in [1.54, 1.807) is 18.2 Å². The number of aromatic nitrogens is 3. The van der Waals surface area contributed by atoms with Crippen molar-refractivity contribution >= 4 is 16.9 Å². The molecule has 5 rings (SSSR count). The van der Waals surface area contributed by atoms with E-state index in [1.807, 2.05) is 12.1 Å². The summed E-state index contributed by atoms with van der Waals surface area (Å²) in [4.78, 5) is 32.5. The Bertz CT molecular complexity index is 1570. The highest BCUT2D eigenvalue weighted by Gasteiger charge is 2.31. The lowest BCUT2D eigenvalue weighted by molar-refractivity contribution is -0.137. The maximum absolute atomic E-state index is 13.4. The van der Waals surface area contributed by atoms with Crippen molar-refractivity contribution in [2.24, 2.45) is 0 Å². The topological polar surface area (TPSA) is 101 Å². The van der Waals surface area contributed by atoms with Gasteiger partial charge in [-0.15, -0.1) is 0 Å². The van der Waals surface area contributed by atoms with Crippen LogP contribution in [0.15, 0.2) is 82.3 Å². The first-order chi connectivity index (χ1) is 16.2. The third-order valence-electron chi connectivity index (χ3n) is 5.31. The number of rotatable bonds is 4. The van der Waals surface area contributed by atoms with Crippen LogP contribution in [-0.2, 0) is 6.18 Å². The molecule has 5 aromatic rings. The number of nitrogens with one attached hydrogen (secondary N) is 1. The molecule has 0 aliphatic heterocycles. The molecular weight excluding hydrogens is 451 g/mol. The summed E-state index contributed by atoms with van der Waals surface area (Å²) in [6.07, 6.45) is -2.06. The standard InChI is InChI=1S/C24H14F3N3O4/c25-24(26,27)14-5-3-6-15(11-14)30-20(19-10-13-4-1-2-7-18(13)29-19)16(21-28-8-9-34-21)12-17(22(30)31)23(32)33/h1-12,29H,(H,32,33). The lowest BCUT2D eigenvalue weighted by Gasteiger charge is -2.17. The molecule has 0 aliphatic rings. The molecule has 170 valence electrons. The number of fused-ring (bicyclic) bond motifs is 1. The molecule has 0 bridgehead atoms. The first-order valence-electron chi connectivity index (χ1n) is 9.93. The van der Waals surface area contributed by atoms with E-state index in [2.05, 4.69) is 9.97 Å². The molecule has 2 aromatic carbocycles. The van der Waals surface area contributed by atoms with Crippen LogP contribution in [0, 0.1) is 0 Å². The Balaban J connectivity index is 1.93. The SMILES string of the molecule is O=C(O)c1cc(-c2ncco2)c(-c2cc3ccccc3[nH]2)n(-c2cccc(C(F)(F)F)c2)c1=O. The second kappa shape index (κ2) is 7.77. The van der Waals surface area contributed by atoms with Crippen molar-refractivity contribution in [3.8, 4) is 28.5 Å². The van der Waals surface area contributed by atoms with Gasteiger partial charge in [0.2, 0.25) is 5.89 Å². The third-order valence-corrected chi connectivity index (χ3v) is 5.31. The van der Waals surface area contributed by atoms with Gasteiger partial charge in [-0.05, 0) is 36.4 Å². The number of aromatic carboxylic acids is 1. The number of oxazole rings is 1. The Morgan fingerprint density at radius 3 is 2.53 bits per heavy atom. The van der Waals surface area contributed by atoms with Crippen molar-refractivity contribution in [3.63, 3.8) is 0 Å². The minimum absolute atomic E-state index is 0.00289. The summed E-state index contributed by atoms with van der Waals surface area (Å²) in [5.74, 6) is -1.54. The number of hydrogen-bond acceptors (Lipinski definition) is 4. The zero-order valence-corrected chi connectivity index (χ0v) is 17.1. The monoisotopic (exact) mass is 465 g/mol. The minimum atomic E-state index is -4.67. The van der Waals surface area contributed by atoms with Crippen molar-refractivity contribution in [3.05, 3.63) is 94.6 Å². The van der Waals surface area contributed by atoms with E-state index in [0.29, 0.717) is 11.2 Å². The van der Waals surface area contributed by atoms with Crippen molar-refractivity contribution < 1.29 is 27.5 Å². The van der Waals surface area contributed by atoms with Crippen molar-refractivity contribution in [2.75, 3.05) is 0 Å². The number of alkyl halides is 3. The molecule has 10 heteroatoms. The Labute approximate surface area is 188 Å². The number of benzene rings is 2. The quantitative estimate of drug-likeness (QED) is 0.372. The van der Waals surface area contributed by atoms with Crippen LogP contribution in [0.25, 0.3) is 39.4 Å². The van der Waals surface area contributed by atoms with E-state index in [-0.39, 0.29) is 22.8 Å². The van der Waals surface area contributed by atoms with Crippen LogP contribution in [0.4, 0.5) is 13.2 Å². The average Bonchev–Trinajstić information content (AvgIpc) is 3.48. The first kappa shape index (κ1) is 21.3. The number of aromatic amines is 1. The molecule has 3 heterocycles. The second-order valence-electron chi connectivity index (χ2n) is 7.42. The Hall–Kier alpha value is -4.60. The average molecular weight is 465 g/mol. The zero-order chi connectivity index (χ0) is 24.0. The van der Waals surface area contributed by atoms with Crippen LogP contribution < -0.4 is 5.56 Å².